The molecule has 1 fully saturated rings. The van der Waals surface area contributed by atoms with Crippen molar-refractivity contribution in [3.05, 3.63) is 23.3 Å². The smallest absolute Gasteiger partial charge is 0.161 e. The van der Waals surface area contributed by atoms with Gasteiger partial charge in [0, 0.05) is 19.1 Å². The number of hydrogen-bond donors (Lipinski definition) is 1. The summed E-state index contributed by atoms with van der Waals surface area (Å²) in [5.74, 6) is 0.508. The molecule has 2 aliphatic rings. The minimum Gasteiger partial charge on any atom is -0.493 e. The van der Waals surface area contributed by atoms with E-state index in [1.54, 1.807) is 12.1 Å². The second-order valence-electron chi connectivity index (χ2n) is 7.16. The molecule has 1 N–H and O–H groups in total. The van der Waals surface area contributed by atoms with E-state index >= 15 is 0 Å². The summed E-state index contributed by atoms with van der Waals surface area (Å²) < 4.78 is 54.4. The van der Waals surface area contributed by atoms with Crippen LogP contribution in [0.25, 0.3) is 0 Å². The number of fused-ring (bicyclic) bond motifs is 3. The van der Waals surface area contributed by atoms with Crippen LogP contribution >= 0.6 is 0 Å². The third kappa shape index (κ3) is 3.20. The predicted molar refractivity (Wildman–Crippen MR) is 91.1 cm³/mol. The van der Waals surface area contributed by atoms with Crippen molar-refractivity contribution >= 4 is 0 Å². The Morgan fingerprint density at radius 2 is 2.04 bits per heavy atom. The van der Waals surface area contributed by atoms with Gasteiger partial charge in [-0.1, -0.05) is 13.8 Å². The van der Waals surface area contributed by atoms with Crippen molar-refractivity contribution in [1.29, 1.82) is 0 Å². The van der Waals surface area contributed by atoms with Crippen LogP contribution in [0.5, 0.6) is 11.5 Å². The SMILES string of the molecule is [2H]C([2H])([2H])Oc1cc2c(cc1OC([2H])([2H])[2H])[C@H]1C[C@H](O)[C@@H](CC(C)C)CN1CC2. The van der Waals surface area contributed by atoms with Crippen molar-refractivity contribution in [3.8, 4) is 11.5 Å². The molecule has 4 nitrogen and oxygen atoms in total. The molecule has 2 heterocycles. The normalized spacial score (nSPS) is 32.4. The van der Waals surface area contributed by atoms with E-state index in [0.29, 0.717) is 18.8 Å². The first-order valence-corrected chi connectivity index (χ1v) is 8.29. The summed E-state index contributed by atoms with van der Waals surface area (Å²) in [6, 6.07) is 3.10. The highest BCUT2D eigenvalue weighted by Gasteiger charge is 2.38. The van der Waals surface area contributed by atoms with E-state index < -0.39 is 20.2 Å². The monoisotopic (exact) mass is 325 g/mol. The molecule has 0 saturated carbocycles. The molecule has 1 saturated heterocycles. The van der Waals surface area contributed by atoms with Gasteiger partial charge in [0.25, 0.3) is 0 Å². The van der Waals surface area contributed by atoms with Crippen LogP contribution in [0.4, 0.5) is 0 Å². The Kier molecular flexibility index (Phi) is 3.08. The second kappa shape index (κ2) is 6.70. The number of aliphatic hydroxyl groups excluding tert-OH is 1. The summed E-state index contributed by atoms with van der Waals surface area (Å²) in [5, 5.41) is 10.7. The van der Waals surface area contributed by atoms with Gasteiger partial charge in [0.2, 0.25) is 0 Å². The molecule has 1 aromatic rings. The third-order valence-electron chi connectivity index (χ3n) is 5.15. The molecule has 0 spiro atoms. The fourth-order valence-corrected chi connectivity index (χ4v) is 4.10. The van der Waals surface area contributed by atoms with Crippen molar-refractivity contribution in [3.63, 3.8) is 0 Å². The second-order valence-corrected chi connectivity index (χ2v) is 7.16. The number of ether oxygens (including phenoxy) is 2. The minimum atomic E-state index is -2.73. The molecule has 0 amide bonds. The number of rotatable bonds is 4. The van der Waals surface area contributed by atoms with Crippen molar-refractivity contribution < 1.29 is 22.8 Å². The van der Waals surface area contributed by atoms with E-state index in [-0.39, 0.29) is 23.5 Å². The zero-order valence-electron chi connectivity index (χ0n) is 19.7. The maximum Gasteiger partial charge on any atom is 0.161 e. The highest BCUT2D eigenvalue weighted by atomic mass is 16.5. The molecule has 0 radical (unpaired) electrons. The molecule has 0 bridgehead atoms. The van der Waals surface area contributed by atoms with E-state index in [1.807, 2.05) is 0 Å². The Morgan fingerprint density at radius 3 is 2.74 bits per heavy atom. The topological polar surface area (TPSA) is 41.9 Å². The van der Waals surface area contributed by atoms with Gasteiger partial charge in [0.1, 0.15) is 0 Å². The predicted octanol–water partition coefficient (Wildman–Crippen LogP) is 3.03. The molecule has 1 aromatic carbocycles. The molecule has 128 valence electrons. The third-order valence-corrected chi connectivity index (χ3v) is 5.15. The highest BCUT2D eigenvalue weighted by Crippen LogP contribution is 2.43. The fourth-order valence-electron chi connectivity index (χ4n) is 4.10. The van der Waals surface area contributed by atoms with E-state index in [1.165, 1.54) is 0 Å². The molecule has 0 unspecified atom stereocenters. The molecule has 2 aliphatic heterocycles. The maximum atomic E-state index is 10.7. The lowest BCUT2D eigenvalue weighted by Gasteiger charge is -2.46. The Hall–Kier alpha value is -1.26. The van der Waals surface area contributed by atoms with Gasteiger partial charge in [-0.3, -0.25) is 4.90 Å². The zero-order chi connectivity index (χ0) is 21.6. The average Bonchev–Trinajstić information content (AvgIpc) is 2.53. The maximum absolute atomic E-state index is 10.7. The lowest BCUT2D eigenvalue weighted by molar-refractivity contribution is -0.0191. The van der Waals surface area contributed by atoms with E-state index in [4.69, 9.17) is 17.7 Å². The van der Waals surface area contributed by atoms with E-state index in [9.17, 15) is 5.11 Å². The van der Waals surface area contributed by atoms with Crippen LogP contribution in [0.2, 0.25) is 0 Å². The minimum absolute atomic E-state index is 0.0575. The standard InChI is InChI=1S/C19H29NO3/c1-12(2)7-14-11-20-6-5-13-8-18(22-3)19(23-4)9-15(13)16(20)10-17(14)21/h8-9,12,14,16-17,21H,5-7,10-11H2,1-4H3/t14-,16+,17-/m0/s1/i3D3,4D3. The summed E-state index contributed by atoms with van der Waals surface area (Å²) in [6.07, 6.45) is 1.77. The van der Waals surface area contributed by atoms with Crippen molar-refractivity contribution in [1.82, 2.24) is 4.90 Å². The van der Waals surface area contributed by atoms with Crippen molar-refractivity contribution in [2.75, 3.05) is 27.2 Å². The summed E-state index contributed by atoms with van der Waals surface area (Å²) in [4.78, 5) is 2.32. The first-order chi connectivity index (χ1) is 13.3. The fraction of sp³-hybridized carbons (Fsp3) is 0.684. The van der Waals surface area contributed by atoms with Gasteiger partial charge in [-0.25, -0.2) is 0 Å². The molecule has 23 heavy (non-hydrogen) atoms. The summed E-state index contributed by atoms with van der Waals surface area (Å²) in [7, 11) is -5.45. The lowest BCUT2D eigenvalue weighted by atomic mass is 9.79. The summed E-state index contributed by atoms with van der Waals surface area (Å²) in [5.41, 5.74) is 1.77. The summed E-state index contributed by atoms with van der Waals surface area (Å²) >= 11 is 0. The average molecular weight is 325 g/mol. The zero-order valence-corrected chi connectivity index (χ0v) is 13.7. The number of nitrogens with zero attached hydrogens (tertiary/aromatic N) is 1. The van der Waals surface area contributed by atoms with Crippen LogP contribution in [0.3, 0.4) is 0 Å². The van der Waals surface area contributed by atoms with Gasteiger partial charge >= 0.3 is 0 Å². The van der Waals surface area contributed by atoms with Gasteiger partial charge in [-0.2, -0.15) is 0 Å². The quantitative estimate of drug-likeness (QED) is 0.924. The Morgan fingerprint density at radius 1 is 1.30 bits per heavy atom. The van der Waals surface area contributed by atoms with Crippen LogP contribution < -0.4 is 9.47 Å². The van der Waals surface area contributed by atoms with Gasteiger partial charge in [0.05, 0.1) is 28.4 Å². The van der Waals surface area contributed by atoms with Crippen LogP contribution in [0, 0.1) is 11.8 Å². The van der Waals surface area contributed by atoms with Gasteiger partial charge in [0.15, 0.2) is 11.5 Å². The van der Waals surface area contributed by atoms with Crippen LogP contribution in [-0.2, 0) is 6.42 Å². The molecular weight excluding hydrogens is 290 g/mol. The molecule has 3 atom stereocenters. The lowest BCUT2D eigenvalue weighted by Crippen LogP contribution is -2.48. The molecular formula is C19H29NO3. The largest absolute Gasteiger partial charge is 0.493 e. The first-order valence-electron chi connectivity index (χ1n) is 11.3. The molecule has 0 aromatic heterocycles. The van der Waals surface area contributed by atoms with E-state index in [2.05, 4.69) is 18.7 Å². The van der Waals surface area contributed by atoms with Crippen molar-refractivity contribution in [2.24, 2.45) is 11.8 Å². The van der Waals surface area contributed by atoms with Gasteiger partial charge in [-0.05, 0) is 54.4 Å². The first kappa shape index (κ1) is 10.6. The number of benzene rings is 1. The van der Waals surface area contributed by atoms with Crippen LogP contribution in [0.15, 0.2) is 12.1 Å². The van der Waals surface area contributed by atoms with Crippen LogP contribution in [-0.4, -0.2) is 43.3 Å². The van der Waals surface area contributed by atoms with Gasteiger partial charge < -0.3 is 14.6 Å². The van der Waals surface area contributed by atoms with Crippen LogP contribution in [0.1, 0.15) is 52.1 Å². The Labute approximate surface area is 147 Å². The molecule has 3 rings (SSSR count). The van der Waals surface area contributed by atoms with Gasteiger partial charge in [-0.15, -0.1) is 0 Å². The van der Waals surface area contributed by atoms with Crippen molar-refractivity contribution in [2.45, 2.75) is 45.3 Å². The highest BCUT2D eigenvalue weighted by molar-refractivity contribution is 5.49. The summed E-state index contributed by atoms with van der Waals surface area (Å²) in [6.45, 7) is 5.88. The van der Waals surface area contributed by atoms with E-state index in [0.717, 1.165) is 30.6 Å². The Bertz CT molecular complexity index is 734. The number of piperidine rings is 1. The number of hydrogen-bond acceptors (Lipinski definition) is 4. The molecule has 0 aliphatic carbocycles. The Balaban J connectivity index is 1.94. The number of aliphatic hydroxyl groups is 1. The number of methoxy groups -OCH3 is 2. The molecule has 4 heteroatoms.